The molecule has 27 heavy (non-hydrogen) atoms. The molecule has 1 aliphatic carbocycles. The molecule has 0 spiro atoms. The summed E-state index contributed by atoms with van der Waals surface area (Å²) in [5, 5.41) is 0. The summed E-state index contributed by atoms with van der Waals surface area (Å²) in [5.74, 6) is 2.72. The summed E-state index contributed by atoms with van der Waals surface area (Å²) < 4.78 is 22.4. The zero-order chi connectivity index (χ0) is 19.1. The Labute approximate surface area is 158 Å². The summed E-state index contributed by atoms with van der Waals surface area (Å²) in [4.78, 5) is 13.6. The Morgan fingerprint density at radius 3 is 2.22 bits per heavy atom. The van der Waals surface area contributed by atoms with Crippen molar-refractivity contribution in [3.63, 3.8) is 0 Å². The van der Waals surface area contributed by atoms with Gasteiger partial charge in [0.25, 0.3) is 0 Å². The van der Waals surface area contributed by atoms with Crippen LogP contribution >= 0.6 is 0 Å². The molecule has 6 heteroatoms. The molecule has 1 aliphatic heterocycles. The first-order valence-corrected chi connectivity index (χ1v) is 8.90. The smallest absolute Gasteiger partial charge is 0.210 e. The third kappa shape index (κ3) is 2.51. The minimum Gasteiger partial charge on any atom is -0.493 e. The molecule has 0 aromatic heterocycles. The number of rotatable bonds is 5. The van der Waals surface area contributed by atoms with Gasteiger partial charge in [-0.2, -0.15) is 0 Å². The third-order valence-corrected chi connectivity index (χ3v) is 5.60. The molecule has 1 atom stereocenters. The first-order chi connectivity index (χ1) is 13.2. The van der Waals surface area contributed by atoms with Crippen molar-refractivity contribution in [1.29, 1.82) is 0 Å². The molecular formula is C21H23NO5. The highest BCUT2D eigenvalue weighted by Gasteiger charge is 2.37. The van der Waals surface area contributed by atoms with Crippen LogP contribution in [-0.4, -0.2) is 46.3 Å². The number of methoxy groups -OCH3 is 4. The summed E-state index contributed by atoms with van der Waals surface area (Å²) in [7, 11) is 6.54. The summed E-state index contributed by atoms with van der Waals surface area (Å²) in [6, 6.07) is 6.00. The summed E-state index contributed by atoms with van der Waals surface area (Å²) >= 11 is 0. The Balaban J connectivity index is 2.07. The number of benzene rings is 2. The van der Waals surface area contributed by atoms with Gasteiger partial charge in [0.15, 0.2) is 23.0 Å². The molecule has 0 N–H and O–H groups in total. The van der Waals surface area contributed by atoms with E-state index in [1.165, 1.54) is 5.56 Å². The van der Waals surface area contributed by atoms with Crippen molar-refractivity contribution in [2.75, 3.05) is 35.0 Å². The van der Waals surface area contributed by atoms with Crippen molar-refractivity contribution >= 4 is 6.41 Å². The summed E-state index contributed by atoms with van der Waals surface area (Å²) in [6.45, 7) is 0.693. The van der Waals surface area contributed by atoms with Gasteiger partial charge in [0, 0.05) is 12.1 Å². The van der Waals surface area contributed by atoms with Crippen LogP contribution in [0.25, 0.3) is 11.1 Å². The van der Waals surface area contributed by atoms with Crippen molar-refractivity contribution < 1.29 is 23.7 Å². The maximum Gasteiger partial charge on any atom is 0.210 e. The Bertz CT molecular complexity index is 908. The Morgan fingerprint density at radius 1 is 0.926 bits per heavy atom. The monoisotopic (exact) mass is 369 g/mol. The molecule has 0 fully saturated rings. The third-order valence-electron chi connectivity index (χ3n) is 5.60. The van der Waals surface area contributed by atoms with Crippen LogP contribution in [0.15, 0.2) is 18.2 Å². The maximum atomic E-state index is 11.7. The standard InChI is InChI=1S/C21H23NO5/c1-24-16-9-13-7-15-19-12(5-6-22(15)11-23)8-18(26-3)21(27-4)20(19)14(13)10-17(16)25-2/h8-11,15H,5-7H2,1-4H3/t15-/m0/s1. The van der Waals surface area contributed by atoms with Gasteiger partial charge in [-0.1, -0.05) is 0 Å². The maximum absolute atomic E-state index is 11.7. The van der Waals surface area contributed by atoms with Crippen LogP contribution in [-0.2, 0) is 17.6 Å². The van der Waals surface area contributed by atoms with Crippen LogP contribution in [0.4, 0.5) is 0 Å². The lowest BCUT2D eigenvalue weighted by Crippen LogP contribution is -2.37. The fourth-order valence-corrected chi connectivity index (χ4v) is 4.36. The number of hydrogen-bond donors (Lipinski definition) is 0. The molecule has 0 saturated carbocycles. The normalized spacial score (nSPS) is 16.9. The highest BCUT2D eigenvalue weighted by atomic mass is 16.5. The van der Waals surface area contributed by atoms with E-state index in [9.17, 15) is 4.79 Å². The number of hydrogen-bond acceptors (Lipinski definition) is 5. The van der Waals surface area contributed by atoms with E-state index in [4.69, 9.17) is 18.9 Å². The van der Waals surface area contributed by atoms with Gasteiger partial charge < -0.3 is 23.8 Å². The van der Waals surface area contributed by atoms with Crippen molar-refractivity contribution in [1.82, 2.24) is 4.90 Å². The van der Waals surface area contributed by atoms with Crippen LogP contribution in [0, 0.1) is 0 Å². The first kappa shape index (κ1) is 17.5. The molecule has 0 bridgehead atoms. The van der Waals surface area contributed by atoms with E-state index in [0.717, 1.165) is 41.5 Å². The molecule has 2 aliphatic rings. The highest BCUT2D eigenvalue weighted by molar-refractivity contribution is 5.85. The lowest BCUT2D eigenvalue weighted by atomic mass is 9.76. The van der Waals surface area contributed by atoms with E-state index in [1.54, 1.807) is 28.4 Å². The van der Waals surface area contributed by atoms with Crippen molar-refractivity contribution in [2.24, 2.45) is 0 Å². The first-order valence-electron chi connectivity index (χ1n) is 8.90. The van der Waals surface area contributed by atoms with Crippen LogP contribution < -0.4 is 18.9 Å². The molecule has 1 amide bonds. The molecule has 2 aromatic rings. The van der Waals surface area contributed by atoms with E-state index < -0.39 is 0 Å². The zero-order valence-corrected chi connectivity index (χ0v) is 16.0. The van der Waals surface area contributed by atoms with E-state index >= 15 is 0 Å². The number of nitrogens with zero attached hydrogens (tertiary/aromatic N) is 1. The molecule has 0 radical (unpaired) electrons. The second kappa shape index (κ2) is 6.68. The van der Waals surface area contributed by atoms with Gasteiger partial charge in [0.05, 0.1) is 34.5 Å². The van der Waals surface area contributed by atoms with Gasteiger partial charge in [-0.05, 0) is 53.3 Å². The van der Waals surface area contributed by atoms with Crippen LogP contribution in [0.2, 0.25) is 0 Å². The van der Waals surface area contributed by atoms with Crippen molar-refractivity contribution in [2.45, 2.75) is 18.9 Å². The van der Waals surface area contributed by atoms with Gasteiger partial charge in [-0.3, -0.25) is 4.79 Å². The minimum atomic E-state index is -0.0216. The largest absolute Gasteiger partial charge is 0.493 e. The fraction of sp³-hybridized carbons (Fsp3) is 0.381. The van der Waals surface area contributed by atoms with Crippen molar-refractivity contribution in [3.8, 4) is 34.1 Å². The van der Waals surface area contributed by atoms with Crippen LogP contribution in [0.3, 0.4) is 0 Å². The van der Waals surface area contributed by atoms with Crippen LogP contribution in [0.5, 0.6) is 23.0 Å². The van der Waals surface area contributed by atoms with Gasteiger partial charge in [-0.15, -0.1) is 0 Å². The molecule has 142 valence electrons. The molecule has 0 unspecified atom stereocenters. The SMILES string of the molecule is COc1cc2c(cc1OC)-c1c(OC)c(OC)cc3c1[C@H](C2)N(C=O)CC3. The van der Waals surface area contributed by atoms with E-state index in [-0.39, 0.29) is 6.04 Å². The highest BCUT2D eigenvalue weighted by Crippen LogP contribution is 2.53. The molecule has 0 saturated heterocycles. The topological polar surface area (TPSA) is 57.2 Å². The Kier molecular flexibility index (Phi) is 4.34. The second-order valence-electron chi connectivity index (χ2n) is 6.74. The molecule has 2 aromatic carbocycles. The minimum absolute atomic E-state index is 0.0216. The second-order valence-corrected chi connectivity index (χ2v) is 6.74. The quantitative estimate of drug-likeness (QED) is 0.759. The summed E-state index contributed by atoms with van der Waals surface area (Å²) in [5.41, 5.74) is 5.45. The Morgan fingerprint density at radius 2 is 1.59 bits per heavy atom. The zero-order valence-electron chi connectivity index (χ0n) is 16.0. The molecule has 1 heterocycles. The number of carbonyl (C=O) groups excluding carboxylic acids is 1. The van der Waals surface area contributed by atoms with E-state index in [2.05, 4.69) is 0 Å². The predicted molar refractivity (Wildman–Crippen MR) is 101 cm³/mol. The number of carbonyl (C=O) groups is 1. The predicted octanol–water partition coefficient (Wildman–Crippen LogP) is 3.00. The Hall–Kier alpha value is -2.89. The van der Waals surface area contributed by atoms with E-state index in [0.29, 0.717) is 29.5 Å². The lowest BCUT2D eigenvalue weighted by molar-refractivity contribution is -0.120. The average Bonchev–Trinajstić information content (AvgIpc) is 2.72. The number of ether oxygens (including phenoxy) is 4. The van der Waals surface area contributed by atoms with Gasteiger partial charge in [-0.25, -0.2) is 0 Å². The van der Waals surface area contributed by atoms with E-state index in [1.807, 2.05) is 23.1 Å². The molecule has 4 rings (SSSR count). The molecule has 6 nitrogen and oxygen atoms in total. The fourth-order valence-electron chi connectivity index (χ4n) is 4.36. The van der Waals surface area contributed by atoms with Crippen molar-refractivity contribution in [3.05, 3.63) is 34.9 Å². The van der Waals surface area contributed by atoms with Gasteiger partial charge in [0.2, 0.25) is 6.41 Å². The number of amides is 1. The van der Waals surface area contributed by atoms with Crippen LogP contribution in [0.1, 0.15) is 22.7 Å². The van der Waals surface area contributed by atoms with Gasteiger partial charge >= 0.3 is 0 Å². The summed E-state index contributed by atoms with van der Waals surface area (Å²) in [6.07, 6.45) is 2.46. The molecular weight excluding hydrogens is 346 g/mol. The lowest BCUT2D eigenvalue weighted by Gasteiger charge is -2.40. The number of fused-ring (bicyclic) bond motifs is 2. The van der Waals surface area contributed by atoms with Gasteiger partial charge in [0.1, 0.15) is 0 Å². The average molecular weight is 369 g/mol.